The van der Waals surface area contributed by atoms with Gasteiger partial charge in [-0.05, 0) is 85.6 Å². The van der Waals surface area contributed by atoms with E-state index in [-0.39, 0.29) is 0 Å². The third kappa shape index (κ3) is 4.90. The van der Waals surface area contributed by atoms with E-state index in [4.69, 9.17) is 16.3 Å². The van der Waals surface area contributed by atoms with E-state index in [1.165, 1.54) is 12.1 Å². The molecular formula is C27H23ClF3N3O2. The van der Waals surface area contributed by atoms with Crippen LogP contribution in [-0.4, -0.2) is 17.6 Å². The van der Waals surface area contributed by atoms with Crippen LogP contribution in [-0.2, 0) is 6.18 Å². The van der Waals surface area contributed by atoms with Crippen LogP contribution >= 0.6 is 11.6 Å². The SMILES string of the molecule is COc1ccc(-c2c(C)c(C(=O)NNc3ccc(C(F)(F)F)cc3)c(C)n2-c2ccccc2Cl)cc1. The van der Waals surface area contributed by atoms with E-state index in [0.29, 0.717) is 39.0 Å². The van der Waals surface area contributed by atoms with Crippen molar-refractivity contribution < 1.29 is 22.7 Å². The van der Waals surface area contributed by atoms with E-state index in [1.807, 2.05) is 60.9 Å². The molecule has 0 unspecified atom stereocenters. The Kier molecular flexibility index (Phi) is 6.99. The molecule has 0 atom stereocenters. The maximum atomic E-state index is 13.3. The van der Waals surface area contributed by atoms with Gasteiger partial charge in [0.25, 0.3) is 5.91 Å². The zero-order valence-electron chi connectivity index (χ0n) is 19.7. The Bertz CT molecular complexity index is 1400. The Balaban J connectivity index is 1.72. The van der Waals surface area contributed by atoms with Gasteiger partial charge in [-0.25, -0.2) is 0 Å². The van der Waals surface area contributed by atoms with Crippen LogP contribution in [0.2, 0.25) is 5.02 Å². The van der Waals surface area contributed by atoms with E-state index in [1.54, 1.807) is 13.2 Å². The van der Waals surface area contributed by atoms with Crippen molar-refractivity contribution in [1.82, 2.24) is 9.99 Å². The van der Waals surface area contributed by atoms with Gasteiger partial charge in [0.1, 0.15) is 5.75 Å². The first-order chi connectivity index (χ1) is 17.1. The lowest BCUT2D eigenvalue weighted by Crippen LogP contribution is -2.30. The molecule has 0 radical (unpaired) electrons. The van der Waals surface area contributed by atoms with Gasteiger partial charge in [-0.15, -0.1) is 0 Å². The maximum absolute atomic E-state index is 13.3. The topological polar surface area (TPSA) is 55.3 Å². The molecule has 36 heavy (non-hydrogen) atoms. The molecule has 1 amide bonds. The number of carbonyl (C=O) groups excluding carboxylic acids is 1. The molecular weight excluding hydrogens is 491 g/mol. The lowest BCUT2D eigenvalue weighted by Gasteiger charge is -2.15. The number of nitrogens with one attached hydrogen (secondary N) is 2. The highest BCUT2D eigenvalue weighted by molar-refractivity contribution is 6.32. The average molecular weight is 514 g/mol. The number of rotatable bonds is 6. The summed E-state index contributed by atoms with van der Waals surface area (Å²) in [5.74, 6) is 0.258. The molecule has 4 aromatic rings. The van der Waals surface area contributed by atoms with Crippen LogP contribution in [0.15, 0.2) is 72.8 Å². The Morgan fingerprint density at radius 3 is 2.17 bits per heavy atom. The molecule has 0 aliphatic rings. The van der Waals surface area contributed by atoms with Crippen LogP contribution < -0.4 is 15.6 Å². The number of hydrazine groups is 1. The largest absolute Gasteiger partial charge is 0.497 e. The summed E-state index contributed by atoms with van der Waals surface area (Å²) in [6, 6.07) is 19.2. The number of ether oxygens (including phenoxy) is 1. The number of halogens is 4. The normalized spacial score (nSPS) is 11.3. The number of alkyl halides is 3. The highest BCUT2D eigenvalue weighted by atomic mass is 35.5. The van der Waals surface area contributed by atoms with Crippen LogP contribution in [0, 0.1) is 13.8 Å². The summed E-state index contributed by atoms with van der Waals surface area (Å²) in [5.41, 5.74) is 8.95. The summed E-state index contributed by atoms with van der Waals surface area (Å²) in [7, 11) is 1.59. The summed E-state index contributed by atoms with van der Waals surface area (Å²) >= 11 is 6.53. The maximum Gasteiger partial charge on any atom is 0.416 e. The lowest BCUT2D eigenvalue weighted by molar-refractivity contribution is -0.137. The first-order valence-corrected chi connectivity index (χ1v) is 11.3. The first-order valence-electron chi connectivity index (χ1n) is 11.0. The van der Waals surface area contributed by atoms with Gasteiger partial charge in [0.2, 0.25) is 0 Å². The molecule has 1 heterocycles. The first kappa shape index (κ1) is 25.2. The number of anilines is 1. The highest BCUT2D eigenvalue weighted by Gasteiger charge is 2.30. The third-order valence-corrected chi connectivity index (χ3v) is 6.19. The van der Waals surface area contributed by atoms with Gasteiger partial charge < -0.3 is 9.30 Å². The fourth-order valence-electron chi connectivity index (χ4n) is 4.13. The fraction of sp³-hybridized carbons (Fsp3) is 0.148. The molecule has 3 aromatic carbocycles. The number of methoxy groups -OCH3 is 1. The number of amides is 1. The molecule has 9 heteroatoms. The fourth-order valence-corrected chi connectivity index (χ4v) is 4.35. The number of hydrogen-bond acceptors (Lipinski definition) is 3. The predicted octanol–water partition coefficient (Wildman–Crippen LogP) is 7.20. The quantitative estimate of drug-likeness (QED) is 0.268. The van der Waals surface area contributed by atoms with Crippen LogP contribution in [0.1, 0.15) is 27.2 Å². The number of benzene rings is 3. The molecule has 5 nitrogen and oxygen atoms in total. The second-order valence-corrected chi connectivity index (χ2v) is 8.51. The predicted molar refractivity (Wildman–Crippen MR) is 135 cm³/mol. The van der Waals surface area contributed by atoms with Crippen LogP contribution in [0.3, 0.4) is 0 Å². The molecule has 0 aliphatic carbocycles. The zero-order valence-corrected chi connectivity index (χ0v) is 20.5. The molecule has 0 saturated carbocycles. The molecule has 4 rings (SSSR count). The van der Waals surface area contributed by atoms with Crippen molar-refractivity contribution in [3.63, 3.8) is 0 Å². The highest BCUT2D eigenvalue weighted by Crippen LogP contribution is 2.37. The van der Waals surface area contributed by atoms with Crippen molar-refractivity contribution in [3.8, 4) is 22.7 Å². The molecule has 0 saturated heterocycles. The van der Waals surface area contributed by atoms with Gasteiger partial charge in [-0.2, -0.15) is 13.2 Å². The van der Waals surface area contributed by atoms with Gasteiger partial charge >= 0.3 is 6.18 Å². The Labute approximate surface area is 211 Å². The van der Waals surface area contributed by atoms with E-state index >= 15 is 0 Å². The molecule has 0 aliphatic heterocycles. The van der Waals surface area contributed by atoms with Crippen LogP contribution in [0.4, 0.5) is 18.9 Å². The van der Waals surface area contributed by atoms with Gasteiger partial charge in [-0.3, -0.25) is 15.6 Å². The third-order valence-electron chi connectivity index (χ3n) is 5.87. The number of hydrogen-bond donors (Lipinski definition) is 2. The van der Waals surface area contributed by atoms with Crippen molar-refractivity contribution in [2.75, 3.05) is 12.5 Å². The summed E-state index contributed by atoms with van der Waals surface area (Å²) in [5, 5.41) is 0.514. The Hall–Kier alpha value is -3.91. The van der Waals surface area contributed by atoms with Crippen molar-refractivity contribution in [2.45, 2.75) is 20.0 Å². The van der Waals surface area contributed by atoms with Crippen LogP contribution in [0.5, 0.6) is 5.75 Å². The molecule has 1 aromatic heterocycles. The summed E-state index contributed by atoms with van der Waals surface area (Å²) < 4.78 is 45.7. The van der Waals surface area contributed by atoms with Gasteiger partial charge in [0.05, 0.1) is 40.3 Å². The Morgan fingerprint density at radius 2 is 1.58 bits per heavy atom. The van der Waals surface area contributed by atoms with Gasteiger partial charge in [0.15, 0.2) is 0 Å². The Morgan fingerprint density at radius 1 is 0.944 bits per heavy atom. The van der Waals surface area contributed by atoms with Crippen molar-refractivity contribution >= 4 is 23.2 Å². The van der Waals surface area contributed by atoms with Crippen molar-refractivity contribution in [2.24, 2.45) is 0 Å². The van der Waals surface area contributed by atoms with E-state index < -0.39 is 17.6 Å². The molecule has 0 bridgehead atoms. The van der Waals surface area contributed by atoms with E-state index in [0.717, 1.165) is 23.4 Å². The van der Waals surface area contributed by atoms with Crippen molar-refractivity contribution in [1.29, 1.82) is 0 Å². The number of carbonyl (C=O) groups is 1. The minimum Gasteiger partial charge on any atom is -0.497 e. The monoisotopic (exact) mass is 513 g/mol. The van der Waals surface area contributed by atoms with E-state index in [2.05, 4.69) is 10.9 Å². The second-order valence-electron chi connectivity index (χ2n) is 8.10. The van der Waals surface area contributed by atoms with Gasteiger partial charge in [-0.1, -0.05) is 23.7 Å². The average Bonchev–Trinajstić information content (AvgIpc) is 3.12. The number of para-hydroxylation sites is 1. The second kappa shape index (κ2) is 9.99. The molecule has 186 valence electrons. The lowest BCUT2D eigenvalue weighted by atomic mass is 10.0. The minimum absolute atomic E-state index is 0.313. The molecule has 0 fully saturated rings. The van der Waals surface area contributed by atoms with Gasteiger partial charge in [0, 0.05) is 5.69 Å². The zero-order chi connectivity index (χ0) is 26.0. The van der Waals surface area contributed by atoms with Crippen LogP contribution in [0.25, 0.3) is 16.9 Å². The standard InChI is InChI=1S/C27H23ClF3N3O2/c1-16-24(26(35)33-32-20-12-10-19(11-13-20)27(29,30)31)17(2)34(23-7-5-4-6-22(23)28)25(16)18-8-14-21(36-3)15-9-18/h4-15,32H,1-3H3,(H,33,35). The summed E-state index contributed by atoms with van der Waals surface area (Å²) in [6.45, 7) is 3.66. The number of aromatic nitrogens is 1. The van der Waals surface area contributed by atoms with E-state index in [9.17, 15) is 18.0 Å². The van der Waals surface area contributed by atoms with Crippen molar-refractivity contribution in [3.05, 3.63) is 100 Å². The smallest absolute Gasteiger partial charge is 0.416 e. The molecule has 2 N–H and O–H groups in total. The molecule has 0 spiro atoms. The summed E-state index contributed by atoms with van der Waals surface area (Å²) in [6.07, 6.45) is -4.44. The number of nitrogens with zero attached hydrogens (tertiary/aromatic N) is 1. The summed E-state index contributed by atoms with van der Waals surface area (Å²) in [4.78, 5) is 13.3. The minimum atomic E-state index is -4.44.